The molecule has 1 aromatic rings. The van der Waals surface area contributed by atoms with Crippen molar-refractivity contribution < 1.29 is 0 Å². The Labute approximate surface area is 95.3 Å². The van der Waals surface area contributed by atoms with E-state index in [9.17, 15) is 0 Å². The van der Waals surface area contributed by atoms with Crippen LogP contribution in [0.4, 0.5) is 0 Å². The smallest absolute Gasteiger partial charge is 0.0517 e. The molecule has 0 bridgehead atoms. The molecule has 13 heavy (non-hydrogen) atoms. The van der Waals surface area contributed by atoms with Crippen LogP contribution in [0.2, 0.25) is 0 Å². The van der Waals surface area contributed by atoms with E-state index in [1.165, 1.54) is 0 Å². The van der Waals surface area contributed by atoms with Crippen molar-refractivity contribution in [1.82, 2.24) is 0 Å². The highest BCUT2D eigenvalue weighted by Crippen LogP contribution is 2.28. The molecular formula is C10H11Br2N. The summed E-state index contributed by atoms with van der Waals surface area (Å²) in [7, 11) is 0. The molecule has 0 saturated carbocycles. The highest BCUT2D eigenvalue weighted by molar-refractivity contribution is 9.11. The largest absolute Gasteiger partial charge is 0.321 e. The fourth-order valence-corrected chi connectivity index (χ4v) is 1.89. The molecule has 1 aromatic carbocycles. The van der Waals surface area contributed by atoms with Crippen LogP contribution in [0.25, 0.3) is 0 Å². The van der Waals surface area contributed by atoms with Crippen molar-refractivity contribution >= 4 is 31.9 Å². The number of hydrogen-bond acceptors (Lipinski definition) is 1. The Bertz CT molecular complexity index is 334. The van der Waals surface area contributed by atoms with Gasteiger partial charge in [0.2, 0.25) is 0 Å². The van der Waals surface area contributed by atoms with Gasteiger partial charge in [-0.3, -0.25) is 0 Å². The quantitative estimate of drug-likeness (QED) is 0.827. The fourth-order valence-electron chi connectivity index (χ4n) is 1.02. The third kappa shape index (κ3) is 2.66. The van der Waals surface area contributed by atoms with Gasteiger partial charge in [-0.25, -0.2) is 0 Å². The van der Waals surface area contributed by atoms with Crippen LogP contribution in [-0.4, -0.2) is 0 Å². The molecule has 0 spiro atoms. The van der Waals surface area contributed by atoms with Crippen molar-refractivity contribution in [2.75, 3.05) is 0 Å². The lowest BCUT2D eigenvalue weighted by Crippen LogP contribution is -2.11. The zero-order valence-corrected chi connectivity index (χ0v) is 10.5. The van der Waals surface area contributed by atoms with Crippen molar-refractivity contribution in [2.45, 2.75) is 13.0 Å². The van der Waals surface area contributed by atoms with Crippen molar-refractivity contribution in [3.05, 3.63) is 44.9 Å². The lowest BCUT2D eigenvalue weighted by atomic mass is 10.0. The van der Waals surface area contributed by atoms with Crippen molar-refractivity contribution in [3.63, 3.8) is 0 Å². The van der Waals surface area contributed by atoms with E-state index in [1.807, 2.05) is 25.1 Å². The van der Waals surface area contributed by atoms with Gasteiger partial charge in [0.25, 0.3) is 0 Å². The van der Waals surface area contributed by atoms with Crippen LogP contribution < -0.4 is 5.73 Å². The second kappa shape index (κ2) is 4.40. The summed E-state index contributed by atoms with van der Waals surface area (Å²) in [6.07, 6.45) is 0. The summed E-state index contributed by atoms with van der Waals surface area (Å²) in [4.78, 5) is 0. The summed E-state index contributed by atoms with van der Waals surface area (Å²) < 4.78 is 2.05. The summed E-state index contributed by atoms with van der Waals surface area (Å²) in [6, 6.07) is 5.84. The van der Waals surface area contributed by atoms with E-state index in [0.717, 1.165) is 20.1 Å². The van der Waals surface area contributed by atoms with Gasteiger partial charge in [-0.1, -0.05) is 44.0 Å². The highest BCUT2D eigenvalue weighted by Gasteiger charge is 2.10. The lowest BCUT2D eigenvalue weighted by Gasteiger charge is -2.13. The minimum Gasteiger partial charge on any atom is -0.321 e. The SMILES string of the molecule is C=C(C)C(N)c1cc(Br)ccc1Br. The van der Waals surface area contributed by atoms with E-state index in [0.29, 0.717) is 0 Å². The van der Waals surface area contributed by atoms with Gasteiger partial charge < -0.3 is 5.73 Å². The number of benzene rings is 1. The van der Waals surface area contributed by atoms with Crippen LogP contribution in [-0.2, 0) is 0 Å². The molecule has 0 aromatic heterocycles. The van der Waals surface area contributed by atoms with E-state index in [-0.39, 0.29) is 6.04 Å². The maximum absolute atomic E-state index is 5.96. The zero-order chi connectivity index (χ0) is 10.0. The van der Waals surface area contributed by atoms with Gasteiger partial charge in [0.1, 0.15) is 0 Å². The molecule has 1 nitrogen and oxygen atoms in total. The first-order valence-corrected chi connectivity index (χ1v) is 5.47. The van der Waals surface area contributed by atoms with Gasteiger partial charge in [-0.2, -0.15) is 0 Å². The summed E-state index contributed by atoms with van der Waals surface area (Å²) in [6.45, 7) is 5.77. The third-order valence-corrected chi connectivity index (χ3v) is 3.04. The molecule has 0 aliphatic rings. The summed E-state index contributed by atoms with van der Waals surface area (Å²) in [5, 5.41) is 0. The molecule has 0 fully saturated rings. The van der Waals surface area contributed by atoms with Crippen LogP contribution in [0.3, 0.4) is 0 Å². The Hall–Kier alpha value is -0.120. The first-order valence-electron chi connectivity index (χ1n) is 3.88. The van der Waals surface area contributed by atoms with Gasteiger partial charge in [-0.15, -0.1) is 0 Å². The maximum Gasteiger partial charge on any atom is 0.0517 e. The number of hydrogen-bond donors (Lipinski definition) is 1. The topological polar surface area (TPSA) is 26.0 Å². The minimum absolute atomic E-state index is 0.105. The van der Waals surface area contributed by atoms with E-state index in [1.54, 1.807) is 0 Å². The molecule has 2 N–H and O–H groups in total. The van der Waals surface area contributed by atoms with E-state index < -0.39 is 0 Å². The fraction of sp³-hybridized carbons (Fsp3) is 0.200. The van der Waals surface area contributed by atoms with Gasteiger partial charge in [0.05, 0.1) is 6.04 Å². The van der Waals surface area contributed by atoms with E-state index >= 15 is 0 Å². The predicted molar refractivity (Wildman–Crippen MR) is 63.6 cm³/mol. The van der Waals surface area contributed by atoms with Gasteiger partial charge >= 0.3 is 0 Å². The molecule has 1 atom stereocenters. The molecule has 70 valence electrons. The lowest BCUT2D eigenvalue weighted by molar-refractivity contribution is 0.844. The molecule has 1 rings (SSSR count). The first-order chi connectivity index (χ1) is 6.02. The van der Waals surface area contributed by atoms with Gasteiger partial charge in [0.15, 0.2) is 0 Å². The Morgan fingerprint density at radius 1 is 1.46 bits per heavy atom. The minimum atomic E-state index is -0.105. The van der Waals surface area contributed by atoms with Gasteiger partial charge in [0, 0.05) is 8.95 Å². The Kier molecular flexibility index (Phi) is 3.71. The predicted octanol–water partition coefficient (Wildman–Crippen LogP) is 3.79. The Morgan fingerprint density at radius 3 is 2.62 bits per heavy atom. The van der Waals surface area contributed by atoms with Crippen LogP contribution in [0.5, 0.6) is 0 Å². The third-order valence-electron chi connectivity index (χ3n) is 1.82. The van der Waals surface area contributed by atoms with Crippen LogP contribution >= 0.6 is 31.9 Å². The molecule has 0 radical (unpaired) electrons. The number of halogens is 2. The first kappa shape index (κ1) is 11.0. The van der Waals surface area contributed by atoms with Crippen LogP contribution in [0.1, 0.15) is 18.5 Å². The summed E-state index contributed by atoms with van der Waals surface area (Å²) in [5.74, 6) is 0. The molecule has 0 heterocycles. The van der Waals surface area contributed by atoms with Crippen molar-refractivity contribution in [1.29, 1.82) is 0 Å². The second-order valence-corrected chi connectivity index (χ2v) is 4.76. The van der Waals surface area contributed by atoms with Crippen molar-refractivity contribution in [3.8, 4) is 0 Å². The molecule has 1 unspecified atom stereocenters. The monoisotopic (exact) mass is 303 g/mol. The zero-order valence-electron chi connectivity index (χ0n) is 7.35. The normalized spacial score (nSPS) is 12.6. The molecule has 0 saturated heterocycles. The van der Waals surface area contributed by atoms with Gasteiger partial charge in [-0.05, 0) is 30.7 Å². The molecule has 0 amide bonds. The Balaban J connectivity index is 3.12. The summed E-state index contributed by atoms with van der Waals surface area (Å²) >= 11 is 6.87. The standard InChI is InChI=1S/C10H11Br2N/c1-6(2)10(13)8-5-7(11)3-4-9(8)12/h3-5,10H,1,13H2,2H3. The van der Waals surface area contributed by atoms with Crippen LogP contribution in [0, 0.1) is 0 Å². The molecule has 3 heteroatoms. The number of nitrogens with two attached hydrogens (primary N) is 1. The molecule has 0 aliphatic heterocycles. The molecular weight excluding hydrogens is 294 g/mol. The van der Waals surface area contributed by atoms with Crippen LogP contribution in [0.15, 0.2) is 39.3 Å². The van der Waals surface area contributed by atoms with Crippen molar-refractivity contribution in [2.24, 2.45) is 5.73 Å². The van der Waals surface area contributed by atoms with E-state index in [2.05, 4.69) is 38.4 Å². The Morgan fingerprint density at radius 2 is 2.08 bits per heavy atom. The average molecular weight is 305 g/mol. The average Bonchev–Trinajstić information content (AvgIpc) is 2.08. The molecule has 0 aliphatic carbocycles. The second-order valence-electron chi connectivity index (χ2n) is 2.99. The highest BCUT2D eigenvalue weighted by atomic mass is 79.9. The van der Waals surface area contributed by atoms with E-state index in [4.69, 9.17) is 5.73 Å². The number of rotatable bonds is 2. The maximum atomic E-state index is 5.96. The summed E-state index contributed by atoms with van der Waals surface area (Å²) in [5.41, 5.74) is 7.97.